The van der Waals surface area contributed by atoms with Crippen molar-refractivity contribution in [3.63, 3.8) is 0 Å². The molecule has 2 nitrogen and oxygen atoms in total. The lowest BCUT2D eigenvalue weighted by atomic mass is 9.75. The van der Waals surface area contributed by atoms with E-state index in [0.29, 0.717) is 0 Å². The Morgan fingerprint density at radius 1 is 0.288 bits per heavy atom. The number of hydrogen-bond donors (Lipinski definition) is 0. The van der Waals surface area contributed by atoms with Gasteiger partial charge in [0, 0.05) is 39.0 Å². The molecule has 66 heavy (non-hydrogen) atoms. The van der Waals surface area contributed by atoms with Gasteiger partial charge < -0.3 is 9.64 Å². The Morgan fingerprint density at radius 2 is 0.682 bits per heavy atom. The van der Waals surface area contributed by atoms with Gasteiger partial charge in [0.05, 0.1) is 0 Å². The van der Waals surface area contributed by atoms with Gasteiger partial charge in [0.2, 0.25) is 0 Å². The Labute approximate surface area is 388 Å². The van der Waals surface area contributed by atoms with E-state index in [1.807, 2.05) is 6.07 Å². The molecule has 0 saturated carbocycles. The molecule has 0 aromatic heterocycles. The van der Waals surface area contributed by atoms with Crippen LogP contribution in [0.5, 0.6) is 11.5 Å². The first kappa shape index (κ1) is 39.6. The first-order valence-corrected chi connectivity index (χ1v) is 23.1. The maximum atomic E-state index is 6.40. The van der Waals surface area contributed by atoms with E-state index in [1.54, 1.807) is 0 Å². The van der Waals surface area contributed by atoms with E-state index in [-0.39, 0.29) is 10.8 Å². The monoisotopic (exact) mass is 847 g/mol. The van der Waals surface area contributed by atoms with E-state index >= 15 is 0 Å². The molecule has 316 valence electrons. The molecule has 1 heterocycles. The van der Waals surface area contributed by atoms with Gasteiger partial charge in [0.25, 0.3) is 0 Å². The Bertz CT molecular complexity index is 3470. The van der Waals surface area contributed by atoms with Gasteiger partial charge in [0.15, 0.2) is 0 Å². The van der Waals surface area contributed by atoms with E-state index in [1.165, 1.54) is 83.1 Å². The summed E-state index contributed by atoms with van der Waals surface area (Å²) in [7, 11) is 0. The predicted molar refractivity (Wildman–Crippen MR) is 277 cm³/mol. The van der Waals surface area contributed by atoms with Crippen LogP contribution in [-0.2, 0) is 10.8 Å². The maximum Gasteiger partial charge on any atom is 0.131 e. The van der Waals surface area contributed by atoms with E-state index in [4.69, 9.17) is 4.74 Å². The van der Waals surface area contributed by atoms with E-state index in [0.717, 1.165) is 34.1 Å². The summed E-state index contributed by atoms with van der Waals surface area (Å²) >= 11 is 0. The molecule has 0 spiro atoms. The Balaban J connectivity index is 0.884. The summed E-state index contributed by atoms with van der Waals surface area (Å²) in [5.74, 6) is 1.86. The number of nitrogens with zero attached hydrogens (tertiary/aromatic N) is 1. The quantitative estimate of drug-likeness (QED) is 0.158. The zero-order chi connectivity index (χ0) is 44.6. The van der Waals surface area contributed by atoms with Crippen molar-refractivity contribution in [2.24, 2.45) is 0 Å². The highest BCUT2D eigenvalue weighted by Crippen LogP contribution is 2.52. The summed E-state index contributed by atoms with van der Waals surface area (Å²) in [6.07, 6.45) is 0. The molecular weight excluding hydrogens is 799 g/mol. The second-order valence-electron chi connectivity index (χ2n) is 19.0. The molecule has 0 amide bonds. The van der Waals surface area contributed by atoms with Gasteiger partial charge >= 0.3 is 0 Å². The van der Waals surface area contributed by atoms with Crippen LogP contribution in [0.3, 0.4) is 0 Å². The Hall–Kier alpha value is -7.94. The van der Waals surface area contributed by atoms with Crippen LogP contribution in [0.25, 0.3) is 66.4 Å². The number of hydrogen-bond acceptors (Lipinski definition) is 2. The van der Waals surface area contributed by atoms with Crippen molar-refractivity contribution >= 4 is 27.8 Å². The fourth-order valence-corrected chi connectivity index (χ4v) is 10.6. The SMILES string of the molecule is CC1(C)c2ccccc2Oc2ccc(-c3ccc(N(c4ccc(-c5ccc6c(c5)C(C)(C)c5cc(-c7ccccc7)ccc5-6)cc4)c4ccc(-c5ccc6ccccc6c5)cc4)cc3)cc21. The van der Waals surface area contributed by atoms with Crippen LogP contribution in [-0.4, -0.2) is 0 Å². The molecule has 10 aromatic rings. The molecule has 12 rings (SSSR count). The van der Waals surface area contributed by atoms with Crippen LogP contribution in [0.15, 0.2) is 224 Å². The predicted octanol–water partition coefficient (Wildman–Crippen LogP) is 17.7. The molecular formula is C64H49NO. The number of rotatable bonds is 7. The van der Waals surface area contributed by atoms with Crippen LogP contribution in [0.1, 0.15) is 49.9 Å². The van der Waals surface area contributed by atoms with Gasteiger partial charge in [-0.2, -0.15) is 0 Å². The maximum absolute atomic E-state index is 6.40. The summed E-state index contributed by atoms with van der Waals surface area (Å²) in [4.78, 5) is 2.37. The molecule has 2 heteroatoms. The highest BCUT2D eigenvalue weighted by molar-refractivity contribution is 5.89. The van der Waals surface area contributed by atoms with Crippen molar-refractivity contribution in [1.29, 1.82) is 0 Å². The summed E-state index contributed by atoms with van der Waals surface area (Å²) in [5.41, 5.74) is 20.5. The first-order chi connectivity index (χ1) is 32.2. The smallest absolute Gasteiger partial charge is 0.131 e. The molecule has 10 aromatic carbocycles. The minimum absolute atomic E-state index is 0.123. The zero-order valence-electron chi connectivity index (χ0n) is 37.7. The van der Waals surface area contributed by atoms with E-state index in [9.17, 15) is 0 Å². The van der Waals surface area contributed by atoms with Gasteiger partial charge in [-0.05, 0) is 150 Å². The van der Waals surface area contributed by atoms with Crippen LogP contribution < -0.4 is 9.64 Å². The molecule has 0 fully saturated rings. The third-order valence-electron chi connectivity index (χ3n) is 14.3. The third-order valence-corrected chi connectivity index (χ3v) is 14.3. The lowest BCUT2D eigenvalue weighted by Crippen LogP contribution is -2.24. The Morgan fingerprint density at radius 3 is 1.26 bits per heavy atom. The molecule has 1 aliphatic carbocycles. The third kappa shape index (κ3) is 6.63. The number of anilines is 3. The molecule has 0 N–H and O–H groups in total. The van der Waals surface area contributed by atoms with Crippen molar-refractivity contribution < 1.29 is 4.74 Å². The summed E-state index contributed by atoms with van der Waals surface area (Å²) < 4.78 is 6.40. The standard InChI is InChI=1S/C64H49NO/c1-63(2)57-16-10-11-17-61(57)66-62-37-28-51(41-60(62)63)46-24-33-54(34-25-46)65(52-29-20-44(21-30-52)48-19-18-43-14-8-9-15-47(43)38-48)53-31-22-45(23-32-53)50-27-36-56-55-35-26-49(42-12-6-5-7-13-42)39-58(55)64(3,4)59(56)40-50/h5-41H,1-4H3. The average molecular weight is 848 g/mol. The summed E-state index contributed by atoms with van der Waals surface area (Å²) in [6.45, 7) is 9.32. The van der Waals surface area contributed by atoms with Crippen molar-refractivity contribution in [2.75, 3.05) is 4.90 Å². The van der Waals surface area contributed by atoms with Crippen molar-refractivity contribution in [1.82, 2.24) is 0 Å². The molecule has 0 radical (unpaired) electrons. The van der Waals surface area contributed by atoms with E-state index in [2.05, 4.69) is 251 Å². The number of para-hydroxylation sites is 1. The highest BCUT2D eigenvalue weighted by Gasteiger charge is 2.36. The van der Waals surface area contributed by atoms with E-state index < -0.39 is 0 Å². The van der Waals surface area contributed by atoms with Gasteiger partial charge in [-0.1, -0.05) is 179 Å². The van der Waals surface area contributed by atoms with Crippen LogP contribution in [0, 0.1) is 0 Å². The van der Waals surface area contributed by atoms with Crippen LogP contribution in [0.4, 0.5) is 17.1 Å². The molecule has 0 unspecified atom stereocenters. The average Bonchev–Trinajstić information content (AvgIpc) is 3.59. The lowest BCUT2D eigenvalue weighted by molar-refractivity contribution is 0.418. The molecule has 0 atom stereocenters. The molecule has 0 bridgehead atoms. The van der Waals surface area contributed by atoms with Crippen LogP contribution in [0.2, 0.25) is 0 Å². The summed E-state index contributed by atoms with van der Waals surface area (Å²) in [6, 6.07) is 82.1. The fraction of sp³-hybridized carbons (Fsp3) is 0.0938. The van der Waals surface area contributed by atoms with Gasteiger partial charge in [-0.15, -0.1) is 0 Å². The van der Waals surface area contributed by atoms with Crippen molar-refractivity contribution in [3.05, 3.63) is 247 Å². The second-order valence-corrected chi connectivity index (χ2v) is 19.0. The topological polar surface area (TPSA) is 12.5 Å². The normalized spacial score (nSPS) is 13.8. The fourth-order valence-electron chi connectivity index (χ4n) is 10.6. The first-order valence-electron chi connectivity index (χ1n) is 23.1. The highest BCUT2D eigenvalue weighted by atomic mass is 16.5. The minimum Gasteiger partial charge on any atom is -0.457 e. The zero-order valence-corrected chi connectivity index (χ0v) is 37.7. The molecule has 0 saturated heterocycles. The van der Waals surface area contributed by atoms with Crippen molar-refractivity contribution in [2.45, 2.75) is 38.5 Å². The largest absolute Gasteiger partial charge is 0.457 e. The second kappa shape index (κ2) is 15.4. The van der Waals surface area contributed by atoms with Gasteiger partial charge in [0.1, 0.15) is 11.5 Å². The number of benzene rings is 10. The molecule has 2 aliphatic rings. The summed E-state index contributed by atoms with van der Waals surface area (Å²) in [5, 5.41) is 2.49. The lowest BCUT2D eigenvalue weighted by Gasteiger charge is -2.34. The Kier molecular flexibility index (Phi) is 9.22. The number of fused-ring (bicyclic) bond motifs is 6. The van der Waals surface area contributed by atoms with Gasteiger partial charge in [-0.3, -0.25) is 0 Å². The minimum atomic E-state index is -0.185. The molecule has 1 aliphatic heterocycles. The van der Waals surface area contributed by atoms with Crippen molar-refractivity contribution in [3.8, 4) is 67.1 Å². The van der Waals surface area contributed by atoms with Crippen LogP contribution >= 0.6 is 0 Å². The van der Waals surface area contributed by atoms with Gasteiger partial charge in [-0.25, -0.2) is 0 Å². The number of ether oxygens (including phenoxy) is 1.